The summed E-state index contributed by atoms with van der Waals surface area (Å²) in [5.74, 6) is 1.41. The van der Waals surface area contributed by atoms with Crippen LogP contribution in [0.2, 0.25) is 0 Å². The van der Waals surface area contributed by atoms with Crippen LogP contribution in [0, 0.1) is 6.92 Å². The van der Waals surface area contributed by atoms with E-state index >= 15 is 0 Å². The number of esters is 1. The minimum atomic E-state index is -0.375. The Morgan fingerprint density at radius 3 is 2.23 bits per heavy atom. The molecule has 0 bridgehead atoms. The van der Waals surface area contributed by atoms with Gasteiger partial charge >= 0.3 is 5.97 Å². The zero-order chi connectivity index (χ0) is 20.9. The summed E-state index contributed by atoms with van der Waals surface area (Å²) < 4.78 is 17.4. The van der Waals surface area contributed by atoms with Crippen molar-refractivity contribution in [2.45, 2.75) is 32.8 Å². The summed E-state index contributed by atoms with van der Waals surface area (Å²) in [6.45, 7) is 4.78. The molecule has 0 unspecified atom stereocenters. The second-order valence-corrected chi connectivity index (χ2v) is 7.55. The highest BCUT2D eigenvalue weighted by molar-refractivity contribution is 5.80. The molecule has 0 spiro atoms. The van der Waals surface area contributed by atoms with E-state index in [4.69, 9.17) is 14.2 Å². The number of ether oxygens (including phenoxy) is 3. The van der Waals surface area contributed by atoms with Crippen LogP contribution in [-0.4, -0.2) is 19.2 Å². The van der Waals surface area contributed by atoms with E-state index in [1.165, 1.54) is 12.5 Å². The second-order valence-electron chi connectivity index (χ2n) is 7.55. The summed E-state index contributed by atoms with van der Waals surface area (Å²) >= 11 is 0. The first kappa shape index (κ1) is 20.0. The zero-order valence-corrected chi connectivity index (χ0v) is 17.4. The van der Waals surface area contributed by atoms with Gasteiger partial charge < -0.3 is 14.2 Å². The lowest BCUT2D eigenvalue weighted by Gasteiger charge is -2.15. The Morgan fingerprint density at radius 1 is 0.800 bits per heavy atom. The van der Waals surface area contributed by atoms with Crippen molar-refractivity contribution in [3.63, 3.8) is 0 Å². The van der Waals surface area contributed by atoms with Crippen LogP contribution in [-0.2, 0) is 9.53 Å². The number of aryl methyl sites for hydroxylation is 1. The molecule has 0 amide bonds. The molecular weight excluding hydrogens is 376 g/mol. The van der Waals surface area contributed by atoms with Gasteiger partial charge in [0.1, 0.15) is 11.5 Å². The standard InChI is InChI=1S/C26H26O4/c1-18-8-7-9-20(16-18)28-14-5-6-15-29-21-12-13-23-22-10-3-4-11-24(22)26(25(23)17-21)30-19(2)27/h3-4,7-13,16-17,26H,5-6,14-15H2,1-2H3/t26-/m1/s1. The third kappa shape index (κ3) is 4.48. The number of hydrogen-bond donors (Lipinski definition) is 0. The molecule has 4 nitrogen and oxygen atoms in total. The fourth-order valence-electron chi connectivity index (χ4n) is 3.81. The highest BCUT2D eigenvalue weighted by atomic mass is 16.5. The normalized spacial score (nSPS) is 14.0. The Hall–Kier alpha value is -3.27. The highest BCUT2D eigenvalue weighted by Crippen LogP contribution is 2.46. The number of carbonyl (C=O) groups is 1. The van der Waals surface area contributed by atoms with E-state index in [1.54, 1.807) is 0 Å². The maximum Gasteiger partial charge on any atom is 0.303 e. The number of fused-ring (bicyclic) bond motifs is 3. The molecule has 3 aromatic carbocycles. The van der Waals surface area contributed by atoms with Gasteiger partial charge in [-0.2, -0.15) is 0 Å². The molecule has 4 rings (SSSR count). The van der Waals surface area contributed by atoms with E-state index in [-0.39, 0.29) is 12.1 Å². The molecule has 1 aliphatic rings. The molecule has 0 aromatic heterocycles. The molecule has 0 saturated carbocycles. The van der Waals surface area contributed by atoms with E-state index in [1.807, 2.05) is 54.6 Å². The fraction of sp³-hybridized carbons (Fsp3) is 0.269. The van der Waals surface area contributed by atoms with Crippen LogP contribution in [0.5, 0.6) is 11.5 Å². The van der Waals surface area contributed by atoms with Gasteiger partial charge in [-0.05, 0) is 60.7 Å². The summed E-state index contributed by atoms with van der Waals surface area (Å²) in [6.07, 6.45) is 1.44. The topological polar surface area (TPSA) is 44.8 Å². The average Bonchev–Trinajstić information content (AvgIpc) is 3.03. The molecule has 0 fully saturated rings. The maximum absolute atomic E-state index is 11.6. The van der Waals surface area contributed by atoms with Crippen molar-refractivity contribution < 1.29 is 19.0 Å². The van der Waals surface area contributed by atoms with Gasteiger partial charge in [-0.3, -0.25) is 4.79 Å². The summed E-state index contributed by atoms with van der Waals surface area (Å²) in [5.41, 5.74) is 5.40. The Kier molecular flexibility index (Phi) is 6.03. The quantitative estimate of drug-likeness (QED) is 0.349. The van der Waals surface area contributed by atoms with Gasteiger partial charge in [0.05, 0.1) is 13.2 Å². The van der Waals surface area contributed by atoms with Gasteiger partial charge in [-0.15, -0.1) is 0 Å². The monoisotopic (exact) mass is 402 g/mol. The van der Waals surface area contributed by atoms with Crippen molar-refractivity contribution in [3.05, 3.63) is 83.4 Å². The van der Waals surface area contributed by atoms with Gasteiger partial charge in [0, 0.05) is 18.1 Å². The van der Waals surface area contributed by atoms with E-state index in [9.17, 15) is 4.79 Å². The van der Waals surface area contributed by atoms with Gasteiger partial charge in [0.15, 0.2) is 6.10 Å². The molecule has 0 heterocycles. The summed E-state index contributed by atoms with van der Waals surface area (Å²) in [7, 11) is 0. The Bertz CT molecular complexity index is 1040. The average molecular weight is 402 g/mol. The molecular formula is C26H26O4. The summed E-state index contributed by atoms with van der Waals surface area (Å²) in [4.78, 5) is 11.6. The van der Waals surface area contributed by atoms with Crippen molar-refractivity contribution in [1.82, 2.24) is 0 Å². The van der Waals surface area contributed by atoms with Crippen molar-refractivity contribution in [1.29, 1.82) is 0 Å². The molecule has 30 heavy (non-hydrogen) atoms. The number of carbonyl (C=O) groups excluding carboxylic acids is 1. The largest absolute Gasteiger partial charge is 0.494 e. The van der Waals surface area contributed by atoms with Crippen LogP contribution in [0.3, 0.4) is 0 Å². The molecule has 0 saturated heterocycles. The van der Waals surface area contributed by atoms with Crippen LogP contribution in [0.1, 0.15) is 42.6 Å². The third-order valence-electron chi connectivity index (χ3n) is 5.19. The molecule has 154 valence electrons. The summed E-state index contributed by atoms with van der Waals surface area (Å²) in [5, 5.41) is 0. The van der Waals surface area contributed by atoms with Crippen LogP contribution in [0.25, 0.3) is 11.1 Å². The van der Waals surface area contributed by atoms with Crippen LogP contribution >= 0.6 is 0 Å². The molecule has 0 N–H and O–H groups in total. The first-order valence-electron chi connectivity index (χ1n) is 10.3. The Morgan fingerprint density at radius 2 is 1.50 bits per heavy atom. The fourth-order valence-corrected chi connectivity index (χ4v) is 3.81. The van der Waals surface area contributed by atoms with Crippen molar-refractivity contribution in [3.8, 4) is 22.6 Å². The third-order valence-corrected chi connectivity index (χ3v) is 5.19. The smallest absolute Gasteiger partial charge is 0.303 e. The van der Waals surface area contributed by atoms with E-state index in [2.05, 4.69) is 19.1 Å². The molecule has 1 atom stereocenters. The molecule has 1 aliphatic carbocycles. The van der Waals surface area contributed by atoms with Crippen molar-refractivity contribution >= 4 is 5.97 Å². The lowest BCUT2D eigenvalue weighted by Crippen LogP contribution is -2.07. The molecule has 0 aliphatic heterocycles. The van der Waals surface area contributed by atoms with E-state index in [0.717, 1.165) is 46.6 Å². The predicted octanol–water partition coefficient (Wildman–Crippen LogP) is 5.87. The van der Waals surface area contributed by atoms with Crippen LogP contribution in [0.4, 0.5) is 0 Å². The minimum Gasteiger partial charge on any atom is -0.494 e. The Balaban J connectivity index is 1.33. The maximum atomic E-state index is 11.6. The van der Waals surface area contributed by atoms with Gasteiger partial charge in [-0.25, -0.2) is 0 Å². The molecule has 3 aromatic rings. The van der Waals surface area contributed by atoms with Crippen LogP contribution in [0.15, 0.2) is 66.7 Å². The molecule has 0 radical (unpaired) electrons. The lowest BCUT2D eigenvalue weighted by atomic mass is 10.1. The first-order chi connectivity index (χ1) is 14.6. The number of unbranched alkanes of at least 4 members (excludes halogenated alkanes) is 1. The molecule has 4 heteroatoms. The number of rotatable bonds is 8. The lowest BCUT2D eigenvalue weighted by molar-refractivity contribution is -0.144. The highest BCUT2D eigenvalue weighted by Gasteiger charge is 2.31. The minimum absolute atomic E-state index is 0.289. The SMILES string of the molecule is CC(=O)O[C@@H]1c2ccccc2-c2ccc(OCCCCOc3cccc(C)c3)cc21. The first-order valence-corrected chi connectivity index (χ1v) is 10.3. The number of benzene rings is 3. The number of hydrogen-bond acceptors (Lipinski definition) is 4. The second kappa shape index (κ2) is 9.04. The predicted molar refractivity (Wildman–Crippen MR) is 117 cm³/mol. The van der Waals surface area contributed by atoms with Gasteiger partial charge in [0.2, 0.25) is 0 Å². The Labute approximate surface area is 177 Å². The van der Waals surface area contributed by atoms with Crippen molar-refractivity contribution in [2.75, 3.05) is 13.2 Å². The van der Waals surface area contributed by atoms with E-state index in [0.29, 0.717) is 13.2 Å². The van der Waals surface area contributed by atoms with Crippen LogP contribution < -0.4 is 9.47 Å². The van der Waals surface area contributed by atoms with E-state index < -0.39 is 0 Å². The zero-order valence-electron chi connectivity index (χ0n) is 17.4. The van der Waals surface area contributed by atoms with Gasteiger partial charge in [-0.1, -0.05) is 42.5 Å². The summed E-state index contributed by atoms with van der Waals surface area (Å²) in [6, 6.07) is 22.1. The van der Waals surface area contributed by atoms with Gasteiger partial charge in [0.25, 0.3) is 0 Å². The van der Waals surface area contributed by atoms with Crippen molar-refractivity contribution in [2.24, 2.45) is 0 Å².